The first-order chi connectivity index (χ1) is 19.2. The molecule has 0 saturated carbocycles. The normalized spacial score (nSPS) is 19.6. The highest BCUT2D eigenvalue weighted by Crippen LogP contribution is 2.51. The molecule has 4 aromatic rings. The number of ether oxygens (including phenoxy) is 2. The van der Waals surface area contributed by atoms with Gasteiger partial charge in [0, 0.05) is 29.2 Å². The Morgan fingerprint density at radius 3 is 2.62 bits per heavy atom. The number of hydrogen-bond acceptors (Lipinski definition) is 7. The topological polar surface area (TPSA) is 84.2 Å². The summed E-state index contributed by atoms with van der Waals surface area (Å²) < 4.78 is 51.1. The summed E-state index contributed by atoms with van der Waals surface area (Å²) in [5.41, 5.74) is 2.77. The van der Waals surface area contributed by atoms with Gasteiger partial charge in [0.2, 0.25) is 5.43 Å². The first-order valence-corrected chi connectivity index (χ1v) is 13.3. The van der Waals surface area contributed by atoms with Crippen LogP contribution >= 0.6 is 11.3 Å². The van der Waals surface area contributed by atoms with Gasteiger partial charge in [-0.25, -0.2) is 0 Å². The zero-order chi connectivity index (χ0) is 27.8. The van der Waals surface area contributed by atoms with E-state index in [4.69, 9.17) is 4.74 Å². The van der Waals surface area contributed by atoms with Crippen LogP contribution in [0.15, 0.2) is 71.0 Å². The Hall–Kier alpha value is -4.29. The van der Waals surface area contributed by atoms with Gasteiger partial charge in [-0.05, 0) is 45.8 Å². The van der Waals surface area contributed by atoms with Crippen LogP contribution in [-0.4, -0.2) is 52.9 Å². The highest BCUT2D eigenvalue weighted by molar-refractivity contribution is 7.14. The molecule has 0 radical (unpaired) electrons. The highest BCUT2D eigenvalue weighted by Gasteiger charge is 2.46. The standard InChI is InChI=1S/C28H20F3N3O5S/c29-28(30,31)39-15-5-6-17-20(13-15)19-8-12-40-26(19)18-4-2-1-3-16(18)23(17)34-22-14-38-11-10-32(22)27(37)24-25(36)21(35)7-9-33(24)34/h1-9,12-13,22-23,36H,10-11,14H2/t22-,23-/m1/s1. The Morgan fingerprint density at radius 2 is 1.80 bits per heavy atom. The summed E-state index contributed by atoms with van der Waals surface area (Å²) in [7, 11) is 0. The number of alkyl halides is 3. The Kier molecular flexibility index (Phi) is 5.48. The van der Waals surface area contributed by atoms with Crippen molar-refractivity contribution in [3.05, 3.63) is 93.2 Å². The Balaban J connectivity index is 1.53. The molecular formula is C28H20F3N3O5S. The van der Waals surface area contributed by atoms with Gasteiger partial charge < -0.3 is 19.5 Å². The van der Waals surface area contributed by atoms with Gasteiger partial charge in [-0.1, -0.05) is 30.3 Å². The highest BCUT2D eigenvalue weighted by atomic mass is 32.1. The zero-order valence-corrected chi connectivity index (χ0v) is 21.4. The zero-order valence-electron chi connectivity index (χ0n) is 20.6. The minimum absolute atomic E-state index is 0.142. The van der Waals surface area contributed by atoms with E-state index in [1.165, 1.54) is 40.4 Å². The molecule has 2 atom stereocenters. The molecule has 204 valence electrons. The molecule has 2 aromatic heterocycles. The smallest absolute Gasteiger partial charge is 0.502 e. The maximum atomic E-state index is 13.5. The van der Waals surface area contributed by atoms with Crippen molar-refractivity contribution in [2.24, 2.45) is 0 Å². The second-order valence-corrected chi connectivity index (χ2v) is 10.5. The van der Waals surface area contributed by atoms with Gasteiger partial charge >= 0.3 is 6.36 Å². The number of amides is 1. The SMILES string of the molecule is O=C1c2c(O)c(=O)ccn2N([C@H]2c3ccc(OC(F)(F)F)cc3-c3ccsc3-c3ccccc32)[C@@H]2COCCN12. The lowest BCUT2D eigenvalue weighted by atomic mass is 9.92. The molecule has 1 saturated heterocycles. The molecular weight excluding hydrogens is 547 g/mol. The molecule has 1 aliphatic carbocycles. The molecule has 1 fully saturated rings. The van der Waals surface area contributed by atoms with E-state index in [0.717, 1.165) is 21.6 Å². The van der Waals surface area contributed by atoms with E-state index < -0.39 is 35.7 Å². The average Bonchev–Trinajstić information content (AvgIpc) is 3.38. The van der Waals surface area contributed by atoms with Gasteiger partial charge in [-0.15, -0.1) is 24.5 Å². The van der Waals surface area contributed by atoms with E-state index in [9.17, 15) is 27.9 Å². The van der Waals surface area contributed by atoms with Crippen LogP contribution in [0, 0.1) is 0 Å². The molecule has 8 nitrogen and oxygen atoms in total. The van der Waals surface area contributed by atoms with Crippen LogP contribution in [-0.2, 0) is 4.74 Å². The molecule has 1 amide bonds. The molecule has 0 spiro atoms. The molecule has 4 heterocycles. The van der Waals surface area contributed by atoms with E-state index in [0.29, 0.717) is 11.1 Å². The van der Waals surface area contributed by atoms with E-state index in [1.807, 2.05) is 40.7 Å². The van der Waals surface area contributed by atoms with Crippen molar-refractivity contribution >= 4 is 17.2 Å². The van der Waals surface area contributed by atoms with E-state index in [2.05, 4.69) is 4.74 Å². The number of thiophene rings is 1. The van der Waals surface area contributed by atoms with Crippen LogP contribution in [0.3, 0.4) is 0 Å². The van der Waals surface area contributed by atoms with Crippen LogP contribution in [0.25, 0.3) is 21.6 Å². The summed E-state index contributed by atoms with van der Waals surface area (Å²) in [4.78, 5) is 28.4. The lowest BCUT2D eigenvalue weighted by molar-refractivity contribution is -0.274. The Bertz CT molecular complexity index is 1730. The summed E-state index contributed by atoms with van der Waals surface area (Å²) in [6.45, 7) is 0.653. The van der Waals surface area contributed by atoms with Crippen molar-refractivity contribution in [3.63, 3.8) is 0 Å². The Morgan fingerprint density at radius 1 is 1.00 bits per heavy atom. The summed E-state index contributed by atoms with van der Waals surface area (Å²) >= 11 is 1.47. The fourth-order valence-electron chi connectivity index (χ4n) is 5.86. The number of pyridine rings is 1. The number of fused-ring (bicyclic) bond motifs is 7. The van der Waals surface area contributed by atoms with E-state index in [-0.39, 0.29) is 31.2 Å². The number of benzene rings is 2. The fraction of sp³-hybridized carbons (Fsp3) is 0.214. The lowest BCUT2D eigenvalue weighted by Gasteiger charge is -2.51. The van der Waals surface area contributed by atoms with Gasteiger partial charge in [0.25, 0.3) is 5.91 Å². The predicted molar refractivity (Wildman–Crippen MR) is 140 cm³/mol. The minimum atomic E-state index is -4.87. The van der Waals surface area contributed by atoms with Crippen LogP contribution in [0.1, 0.15) is 27.7 Å². The second kappa shape index (κ2) is 8.86. The van der Waals surface area contributed by atoms with Crippen LogP contribution in [0.2, 0.25) is 0 Å². The number of hydrogen-bond donors (Lipinski definition) is 1. The maximum absolute atomic E-state index is 13.5. The summed E-state index contributed by atoms with van der Waals surface area (Å²) in [5, 5.41) is 14.5. The van der Waals surface area contributed by atoms with Crippen molar-refractivity contribution in [2.45, 2.75) is 18.6 Å². The molecule has 3 aliphatic rings. The molecule has 0 bridgehead atoms. The van der Waals surface area contributed by atoms with Crippen molar-refractivity contribution in [3.8, 4) is 33.1 Å². The number of aromatic nitrogens is 1. The first-order valence-electron chi connectivity index (χ1n) is 12.4. The minimum Gasteiger partial charge on any atom is -0.502 e. The van der Waals surface area contributed by atoms with Gasteiger partial charge in [0.05, 0.1) is 19.3 Å². The third-order valence-electron chi connectivity index (χ3n) is 7.45. The van der Waals surface area contributed by atoms with Crippen LogP contribution in [0.4, 0.5) is 13.2 Å². The number of carbonyl (C=O) groups is 1. The monoisotopic (exact) mass is 567 g/mol. The third kappa shape index (κ3) is 3.70. The largest absolute Gasteiger partial charge is 0.573 e. The van der Waals surface area contributed by atoms with E-state index in [1.54, 1.807) is 11.0 Å². The quantitative estimate of drug-likeness (QED) is 0.378. The molecule has 2 aliphatic heterocycles. The number of morpholine rings is 1. The van der Waals surface area contributed by atoms with Crippen molar-refractivity contribution in [2.75, 3.05) is 24.8 Å². The van der Waals surface area contributed by atoms with Crippen LogP contribution in [0.5, 0.6) is 11.5 Å². The summed E-state index contributed by atoms with van der Waals surface area (Å²) in [6, 6.07) is 14.3. The van der Waals surface area contributed by atoms with Gasteiger partial charge in [-0.3, -0.25) is 19.3 Å². The van der Waals surface area contributed by atoms with E-state index >= 15 is 0 Å². The first kappa shape index (κ1) is 24.7. The number of aromatic hydroxyl groups is 1. The molecule has 7 rings (SSSR count). The van der Waals surface area contributed by atoms with Crippen molar-refractivity contribution in [1.82, 2.24) is 9.58 Å². The number of rotatable bonds is 2. The van der Waals surface area contributed by atoms with Gasteiger partial charge in [-0.2, -0.15) is 0 Å². The van der Waals surface area contributed by atoms with Crippen molar-refractivity contribution in [1.29, 1.82) is 0 Å². The number of carbonyl (C=O) groups excluding carboxylic acids is 1. The molecule has 2 aromatic carbocycles. The predicted octanol–water partition coefficient (Wildman–Crippen LogP) is 4.70. The number of nitrogens with zero attached hydrogens (tertiary/aromatic N) is 3. The van der Waals surface area contributed by atoms with Crippen LogP contribution < -0.4 is 15.2 Å². The molecule has 0 unspecified atom stereocenters. The van der Waals surface area contributed by atoms with Gasteiger partial charge in [0.1, 0.15) is 11.9 Å². The second-order valence-electron chi connectivity index (χ2n) is 9.61. The fourth-order valence-corrected chi connectivity index (χ4v) is 6.82. The lowest BCUT2D eigenvalue weighted by Crippen LogP contribution is -2.66. The molecule has 1 N–H and O–H groups in total. The molecule has 12 heteroatoms. The number of halogens is 3. The van der Waals surface area contributed by atoms with Crippen molar-refractivity contribution < 1.29 is 32.5 Å². The van der Waals surface area contributed by atoms with Gasteiger partial charge in [0.15, 0.2) is 11.4 Å². The maximum Gasteiger partial charge on any atom is 0.573 e. The summed E-state index contributed by atoms with van der Waals surface area (Å²) in [6.07, 6.45) is -4.07. The molecule has 40 heavy (non-hydrogen) atoms. The Labute approximate surface area is 229 Å². The average molecular weight is 568 g/mol. The third-order valence-corrected chi connectivity index (χ3v) is 8.40. The summed E-state index contributed by atoms with van der Waals surface area (Å²) in [5.74, 6) is -1.53.